The molecular weight excluding hydrogens is 352 g/mol. The zero-order chi connectivity index (χ0) is 18.5. The maximum Gasteiger partial charge on any atom is 0.273 e. The number of aryl methyl sites for hydroxylation is 1. The predicted octanol–water partition coefficient (Wildman–Crippen LogP) is 2.41. The van der Waals surface area contributed by atoms with Gasteiger partial charge in [-0.3, -0.25) is 4.79 Å². The Morgan fingerprint density at radius 1 is 1.27 bits per heavy atom. The summed E-state index contributed by atoms with van der Waals surface area (Å²) < 4.78 is 5.21. The van der Waals surface area contributed by atoms with Gasteiger partial charge in [0.1, 0.15) is 5.82 Å². The Bertz CT molecular complexity index is 875. The lowest BCUT2D eigenvalue weighted by molar-refractivity contribution is 0.0946. The molecule has 0 unspecified atom stereocenters. The molecule has 3 rings (SSSR count). The Hall–Kier alpha value is -2.94. The van der Waals surface area contributed by atoms with Gasteiger partial charge in [-0.2, -0.15) is 4.98 Å². The van der Waals surface area contributed by atoms with Crippen LogP contribution in [0.5, 0.6) is 0 Å². The second-order valence-corrected chi connectivity index (χ2v) is 6.77. The Morgan fingerprint density at radius 3 is 2.85 bits per heavy atom. The highest BCUT2D eigenvalue weighted by molar-refractivity contribution is 7.13. The Kier molecular flexibility index (Phi) is 5.47. The van der Waals surface area contributed by atoms with Crippen LogP contribution >= 0.6 is 11.3 Å². The molecule has 3 heterocycles. The van der Waals surface area contributed by atoms with Crippen molar-refractivity contribution in [3.05, 3.63) is 41.0 Å². The van der Waals surface area contributed by atoms with Crippen LogP contribution in [0.4, 0.5) is 11.8 Å². The molecule has 2 N–H and O–H groups in total. The number of carbonyl (C=O) groups excluding carboxylic acids is 1. The maximum atomic E-state index is 12.1. The third kappa shape index (κ3) is 4.37. The van der Waals surface area contributed by atoms with Crippen molar-refractivity contribution in [1.29, 1.82) is 0 Å². The van der Waals surface area contributed by atoms with Crippen molar-refractivity contribution in [3.8, 4) is 10.6 Å². The number of carbonyl (C=O) groups is 1. The molecule has 3 aromatic heterocycles. The zero-order valence-electron chi connectivity index (χ0n) is 14.8. The minimum Gasteiger partial charge on any atom is -0.363 e. The Labute approximate surface area is 155 Å². The third-order valence-electron chi connectivity index (χ3n) is 3.50. The summed E-state index contributed by atoms with van der Waals surface area (Å²) >= 11 is 1.53. The Balaban J connectivity index is 1.50. The second-order valence-electron chi connectivity index (χ2n) is 5.82. The number of nitrogens with zero attached hydrogens (tertiary/aromatic N) is 4. The molecular formula is C17H20N6O2S. The summed E-state index contributed by atoms with van der Waals surface area (Å²) in [5.41, 5.74) is 1.13. The van der Waals surface area contributed by atoms with Crippen LogP contribution in [-0.2, 0) is 0 Å². The highest BCUT2D eigenvalue weighted by Crippen LogP contribution is 2.25. The fourth-order valence-corrected chi connectivity index (χ4v) is 2.89. The topological polar surface area (TPSA) is 96.2 Å². The van der Waals surface area contributed by atoms with E-state index in [4.69, 9.17) is 4.52 Å². The SMILES string of the molecule is Cc1cc(N(C)C)nc(NCCNC(=O)c2cc(-c3cccs3)on2)n1. The average Bonchev–Trinajstić information content (AvgIpc) is 3.28. The molecule has 0 saturated carbocycles. The first-order valence-corrected chi connectivity index (χ1v) is 8.96. The first-order valence-electron chi connectivity index (χ1n) is 8.08. The van der Waals surface area contributed by atoms with Crippen molar-refractivity contribution in [3.63, 3.8) is 0 Å². The summed E-state index contributed by atoms with van der Waals surface area (Å²) in [6, 6.07) is 7.38. The van der Waals surface area contributed by atoms with Crippen molar-refractivity contribution in [1.82, 2.24) is 20.4 Å². The van der Waals surface area contributed by atoms with Crippen molar-refractivity contribution in [2.24, 2.45) is 0 Å². The fraction of sp³-hybridized carbons (Fsp3) is 0.294. The number of nitrogens with one attached hydrogen (secondary N) is 2. The molecule has 0 radical (unpaired) electrons. The van der Waals surface area contributed by atoms with E-state index < -0.39 is 0 Å². The van der Waals surface area contributed by atoms with Gasteiger partial charge in [-0.25, -0.2) is 4.98 Å². The van der Waals surface area contributed by atoms with Crippen LogP contribution in [0.25, 0.3) is 10.6 Å². The highest BCUT2D eigenvalue weighted by Gasteiger charge is 2.13. The molecule has 0 aliphatic rings. The van der Waals surface area contributed by atoms with Gasteiger partial charge in [0, 0.05) is 45.0 Å². The molecule has 0 spiro atoms. The molecule has 1 amide bonds. The third-order valence-corrected chi connectivity index (χ3v) is 4.38. The van der Waals surface area contributed by atoms with Gasteiger partial charge in [0.2, 0.25) is 5.95 Å². The fourth-order valence-electron chi connectivity index (χ4n) is 2.22. The van der Waals surface area contributed by atoms with Crippen LogP contribution in [0.15, 0.2) is 34.2 Å². The molecule has 0 aliphatic carbocycles. The molecule has 3 aromatic rings. The van der Waals surface area contributed by atoms with E-state index in [9.17, 15) is 4.79 Å². The van der Waals surface area contributed by atoms with E-state index in [0.29, 0.717) is 24.8 Å². The molecule has 0 aromatic carbocycles. The second kappa shape index (κ2) is 7.96. The molecule has 8 nitrogen and oxygen atoms in total. The van der Waals surface area contributed by atoms with Crippen molar-refractivity contribution < 1.29 is 9.32 Å². The van der Waals surface area contributed by atoms with E-state index in [1.165, 1.54) is 11.3 Å². The maximum absolute atomic E-state index is 12.1. The molecule has 26 heavy (non-hydrogen) atoms. The minimum atomic E-state index is -0.280. The molecule has 0 atom stereocenters. The monoisotopic (exact) mass is 372 g/mol. The van der Waals surface area contributed by atoms with Gasteiger partial charge in [-0.05, 0) is 18.4 Å². The number of amides is 1. The number of hydrogen-bond acceptors (Lipinski definition) is 8. The quantitative estimate of drug-likeness (QED) is 0.615. The van der Waals surface area contributed by atoms with E-state index in [1.54, 1.807) is 6.07 Å². The van der Waals surface area contributed by atoms with Crippen LogP contribution in [-0.4, -0.2) is 48.2 Å². The van der Waals surface area contributed by atoms with Crippen LogP contribution in [0.2, 0.25) is 0 Å². The van der Waals surface area contributed by atoms with E-state index in [0.717, 1.165) is 16.4 Å². The van der Waals surface area contributed by atoms with Crippen molar-refractivity contribution in [2.75, 3.05) is 37.4 Å². The molecule has 9 heteroatoms. The van der Waals surface area contributed by atoms with Gasteiger partial charge >= 0.3 is 0 Å². The van der Waals surface area contributed by atoms with Crippen LogP contribution in [0, 0.1) is 6.92 Å². The summed E-state index contributed by atoms with van der Waals surface area (Å²) in [4.78, 5) is 23.7. The van der Waals surface area contributed by atoms with Crippen LogP contribution in [0.3, 0.4) is 0 Å². The summed E-state index contributed by atoms with van der Waals surface area (Å²) in [5, 5.41) is 11.7. The molecule has 0 bridgehead atoms. The largest absolute Gasteiger partial charge is 0.363 e. The average molecular weight is 372 g/mol. The van der Waals surface area contributed by atoms with E-state index in [2.05, 4.69) is 25.8 Å². The lowest BCUT2D eigenvalue weighted by Gasteiger charge is -2.13. The van der Waals surface area contributed by atoms with Crippen molar-refractivity contribution >= 4 is 29.0 Å². The van der Waals surface area contributed by atoms with Crippen LogP contribution in [0.1, 0.15) is 16.2 Å². The molecule has 0 fully saturated rings. The summed E-state index contributed by atoms with van der Waals surface area (Å²) in [6.45, 7) is 2.82. The molecule has 0 saturated heterocycles. The van der Waals surface area contributed by atoms with Gasteiger partial charge in [0.05, 0.1) is 4.88 Å². The van der Waals surface area contributed by atoms with Crippen molar-refractivity contribution in [2.45, 2.75) is 6.92 Å². The van der Waals surface area contributed by atoms with E-state index >= 15 is 0 Å². The van der Waals surface area contributed by atoms with Gasteiger partial charge < -0.3 is 20.1 Å². The predicted molar refractivity (Wildman–Crippen MR) is 102 cm³/mol. The number of aromatic nitrogens is 3. The minimum absolute atomic E-state index is 0.259. The Morgan fingerprint density at radius 2 is 2.12 bits per heavy atom. The number of rotatable bonds is 7. The summed E-state index contributed by atoms with van der Waals surface area (Å²) in [6.07, 6.45) is 0. The number of hydrogen-bond donors (Lipinski definition) is 2. The van der Waals surface area contributed by atoms with Gasteiger partial charge in [0.25, 0.3) is 5.91 Å². The lowest BCUT2D eigenvalue weighted by atomic mass is 10.3. The van der Waals surface area contributed by atoms with E-state index in [-0.39, 0.29) is 11.6 Å². The number of thiophene rings is 1. The van der Waals surface area contributed by atoms with Gasteiger partial charge in [-0.15, -0.1) is 11.3 Å². The highest BCUT2D eigenvalue weighted by atomic mass is 32.1. The number of anilines is 2. The first-order chi connectivity index (χ1) is 12.5. The standard InChI is InChI=1S/C17H20N6O2S/c1-11-9-15(23(2)3)21-17(20-11)19-7-6-18-16(24)12-10-13(25-22-12)14-5-4-8-26-14/h4-5,8-10H,6-7H2,1-3H3,(H,18,24)(H,19,20,21). The van der Waals surface area contributed by atoms with Gasteiger partial charge in [-0.1, -0.05) is 11.2 Å². The zero-order valence-corrected chi connectivity index (χ0v) is 15.6. The van der Waals surface area contributed by atoms with Gasteiger partial charge in [0.15, 0.2) is 11.5 Å². The van der Waals surface area contributed by atoms with E-state index in [1.807, 2.05) is 49.5 Å². The molecule has 0 aliphatic heterocycles. The van der Waals surface area contributed by atoms with Crippen LogP contribution < -0.4 is 15.5 Å². The summed E-state index contributed by atoms with van der Waals surface area (Å²) in [5.74, 6) is 1.67. The summed E-state index contributed by atoms with van der Waals surface area (Å²) in [7, 11) is 3.85. The normalized spacial score (nSPS) is 10.6. The first kappa shape index (κ1) is 17.9. The molecule has 136 valence electrons. The smallest absolute Gasteiger partial charge is 0.273 e. The lowest BCUT2D eigenvalue weighted by Crippen LogP contribution is -2.29.